The maximum Gasteiger partial charge on any atom is 0.220 e. The highest BCUT2D eigenvalue weighted by Gasteiger charge is 2.23. The molecule has 1 aliphatic rings. The van der Waals surface area contributed by atoms with Gasteiger partial charge in [0.1, 0.15) is 0 Å². The third kappa shape index (κ3) is 3.66. The molecule has 2 atom stereocenters. The summed E-state index contributed by atoms with van der Waals surface area (Å²) in [5.74, 6) is 0.565. The van der Waals surface area contributed by atoms with Gasteiger partial charge in [-0.05, 0) is 25.7 Å². The van der Waals surface area contributed by atoms with Crippen LogP contribution in [0, 0.1) is 5.92 Å². The summed E-state index contributed by atoms with van der Waals surface area (Å²) in [6, 6.07) is 0.156. The fourth-order valence-electron chi connectivity index (χ4n) is 1.77. The molecule has 3 heteroatoms. The molecule has 1 aliphatic heterocycles. The van der Waals surface area contributed by atoms with E-state index >= 15 is 0 Å². The first-order valence-corrected chi connectivity index (χ1v) is 5.50. The van der Waals surface area contributed by atoms with Gasteiger partial charge < -0.3 is 10.1 Å². The van der Waals surface area contributed by atoms with Crippen molar-refractivity contribution in [1.82, 2.24) is 5.32 Å². The number of rotatable bonds is 4. The molecule has 1 saturated heterocycles. The van der Waals surface area contributed by atoms with Gasteiger partial charge in [0, 0.05) is 13.0 Å². The lowest BCUT2D eigenvalue weighted by Crippen LogP contribution is -2.41. The lowest BCUT2D eigenvalue weighted by Gasteiger charge is -2.20. The summed E-state index contributed by atoms with van der Waals surface area (Å²) in [4.78, 5) is 11.5. The Bertz CT molecular complexity index is 186. The van der Waals surface area contributed by atoms with Crippen LogP contribution in [0.1, 0.15) is 40.0 Å². The molecule has 0 aromatic carbocycles. The molecule has 1 fully saturated rings. The van der Waals surface area contributed by atoms with Crippen molar-refractivity contribution in [3.63, 3.8) is 0 Å². The Labute approximate surface area is 86.2 Å². The number of ether oxygens (including phenoxy) is 1. The summed E-state index contributed by atoms with van der Waals surface area (Å²) in [6.07, 6.45) is 3.03. The van der Waals surface area contributed by atoms with Gasteiger partial charge in [-0.15, -0.1) is 0 Å². The summed E-state index contributed by atoms with van der Waals surface area (Å²) in [6.45, 7) is 6.97. The third-order valence-corrected chi connectivity index (χ3v) is 2.50. The Morgan fingerprint density at radius 1 is 1.50 bits per heavy atom. The van der Waals surface area contributed by atoms with E-state index < -0.39 is 0 Å². The largest absolute Gasteiger partial charge is 0.376 e. The van der Waals surface area contributed by atoms with Crippen LogP contribution in [0.5, 0.6) is 0 Å². The number of carbonyl (C=O) groups excluding carboxylic acids is 1. The Hall–Kier alpha value is -0.570. The number of hydrogen-bond acceptors (Lipinski definition) is 2. The smallest absolute Gasteiger partial charge is 0.220 e. The highest BCUT2D eigenvalue weighted by Crippen LogP contribution is 2.15. The van der Waals surface area contributed by atoms with E-state index in [9.17, 15) is 4.79 Å². The fraction of sp³-hybridized carbons (Fsp3) is 0.909. The van der Waals surface area contributed by atoms with Crippen molar-refractivity contribution >= 4 is 5.91 Å². The van der Waals surface area contributed by atoms with Crippen LogP contribution in [0.4, 0.5) is 0 Å². The van der Waals surface area contributed by atoms with E-state index in [1.807, 2.05) is 6.92 Å². The van der Waals surface area contributed by atoms with Gasteiger partial charge >= 0.3 is 0 Å². The van der Waals surface area contributed by atoms with Gasteiger partial charge in [0.15, 0.2) is 0 Å². The molecular weight excluding hydrogens is 178 g/mol. The first-order chi connectivity index (χ1) is 6.59. The van der Waals surface area contributed by atoms with Crippen LogP contribution in [-0.2, 0) is 9.53 Å². The van der Waals surface area contributed by atoms with Crippen LogP contribution in [0.25, 0.3) is 0 Å². The summed E-state index contributed by atoms with van der Waals surface area (Å²) in [5.41, 5.74) is 0. The molecule has 3 nitrogen and oxygen atoms in total. The molecule has 14 heavy (non-hydrogen) atoms. The van der Waals surface area contributed by atoms with Gasteiger partial charge in [-0.2, -0.15) is 0 Å². The predicted octanol–water partition coefficient (Wildman–Crippen LogP) is 1.72. The Kier molecular flexibility index (Phi) is 4.39. The zero-order valence-electron chi connectivity index (χ0n) is 9.38. The van der Waals surface area contributed by atoms with Crippen molar-refractivity contribution < 1.29 is 9.53 Å². The van der Waals surface area contributed by atoms with Crippen LogP contribution in [0.3, 0.4) is 0 Å². The van der Waals surface area contributed by atoms with Crippen LogP contribution in [-0.4, -0.2) is 24.7 Å². The molecule has 1 rings (SSSR count). The normalized spacial score (nSPS) is 23.9. The quantitative estimate of drug-likeness (QED) is 0.748. The minimum absolute atomic E-state index is 0.142. The highest BCUT2D eigenvalue weighted by atomic mass is 16.5. The zero-order valence-corrected chi connectivity index (χ0v) is 9.38. The van der Waals surface area contributed by atoms with Crippen molar-refractivity contribution in [1.29, 1.82) is 0 Å². The summed E-state index contributed by atoms with van der Waals surface area (Å²) >= 11 is 0. The van der Waals surface area contributed by atoms with Gasteiger partial charge in [-0.1, -0.05) is 13.8 Å². The average molecular weight is 199 g/mol. The molecule has 0 spiro atoms. The van der Waals surface area contributed by atoms with E-state index in [-0.39, 0.29) is 18.1 Å². The monoisotopic (exact) mass is 199 g/mol. The lowest BCUT2D eigenvalue weighted by atomic mass is 10.1. The van der Waals surface area contributed by atoms with E-state index in [0.29, 0.717) is 12.3 Å². The molecule has 1 heterocycles. The van der Waals surface area contributed by atoms with Crippen LogP contribution >= 0.6 is 0 Å². The van der Waals surface area contributed by atoms with Crippen molar-refractivity contribution in [3.05, 3.63) is 0 Å². The lowest BCUT2D eigenvalue weighted by molar-refractivity contribution is -0.123. The molecular formula is C11H21NO2. The van der Waals surface area contributed by atoms with Gasteiger partial charge in [0.05, 0.1) is 12.1 Å². The van der Waals surface area contributed by atoms with Crippen LogP contribution < -0.4 is 5.32 Å². The number of nitrogens with one attached hydrogen (secondary N) is 1. The van der Waals surface area contributed by atoms with Gasteiger partial charge in [-0.3, -0.25) is 4.79 Å². The van der Waals surface area contributed by atoms with Gasteiger partial charge in [0.2, 0.25) is 5.91 Å². The van der Waals surface area contributed by atoms with Crippen molar-refractivity contribution in [3.8, 4) is 0 Å². The Balaban J connectivity index is 2.24. The number of amides is 1. The van der Waals surface area contributed by atoms with E-state index in [4.69, 9.17) is 4.74 Å². The van der Waals surface area contributed by atoms with Crippen molar-refractivity contribution in [2.45, 2.75) is 52.2 Å². The SMILES string of the molecule is CC(C)CC(=O)N[C@H](C)[C@@H]1CCCO1. The molecule has 0 saturated carbocycles. The fourth-order valence-corrected chi connectivity index (χ4v) is 1.77. The molecule has 0 aromatic rings. The second kappa shape index (κ2) is 5.35. The minimum Gasteiger partial charge on any atom is -0.376 e. The third-order valence-electron chi connectivity index (χ3n) is 2.50. The number of hydrogen-bond donors (Lipinski definition) is 1. The van der Waals surface area contributed by atoms with Gasteiger partial charge in [-0.25, -0.2) is 0 Å². The molecule has 1 N–H and O–H groups in total. The minimum atomic E-state index is 0.142. The summed E-state index contributed by atoms with van der Waals surface area (Å²) < 4.78 is 5.51. The molecule has 0 radical (unpaired) electrons. The zero-order chi connectivity index (χ0) is 10.6. The maximum atomic E-state index is 11.5. The summed E-state index contributed by atoms with van der Waals surface area (Å²) in [5, 5.41) is 2.99. The maximum absolute atomic E-state index is 11.5. The van der Waals surface area contributed by atoms with Crippen LogP contribution in [0.15, 0.2) is 0 Å². The van der Waals surface area contributed by atoms with Crippen LogP contribution in [0.2, 0.25) is 0 Å². The van der Waals surface area contributed by atoms with E-state index in [2.05, 4.69) is 19.2 Å². The van der Waals surface area contributed by atoms with Crippen molar-refractivity contribution in [2.24, 2.45) is 5.92 Å². The summed E-state index contributed by atoms with van der Waals surface area (Å²) in [7, 11) is 0. The molecule has 0 aliphatic carbocycles. The second-order valence-corrected chi connectivity index (χ2v) is 4.51. The average Bonchev–Trinajstić information content (AvgIpc) is 2.53. The molecule has 82 valence electrons. The topological polar surface area (TPSA) is 38.3 Å². The first-order valence-electron chi connectivity index (χ1n) is 5.50. The molecule has 0 aromatic heterocycles. The van der Waals surface area contributed by atoms with E-state index in [0.717, 1.165) is 19.4 Å². The van der Waals surface area contributed by atoms with E-state index in [1.165, 1.54) is 0 Å². The van der Waals surface area contributed by atoms with Gasteiger partial charge in [0.25, 0.3) is 0 Å². The first kappa shape index (κ1) is 11.5. The Morgan fingerprint density at radius 2 is 2.21 bits per heavy atom. The standard InChI is InChI=1S/C11H21NO2/c1-8(2)7-11(13)12-9(3)10-5-4-6-14-10/h8-10H,4-7H2,1-3H3,(H,12,13)/t9-,10+/m1/s1. The van der Waals surface area contributed by atoms with E-state index in [1.54, 1.807) is 0 Å². The number of carbonyl (C=O) groups is 1. The highest BCUT2D eigenvalue weighted by molar-refractivity contribution is 5.76. The second-order valence-electron chi connectivity index (χ2n) is 4.51. The molecule has 1 amide bonds. The predicted molar refractivity (Wildman–Crippen MR) is 56.0 cm³/mol. The van der Waals surface area contributed by atoms with Crippen molar-refractivity contribution in [2.75, 3.05) is 6.61 Å². The molecule has 0 unspecified atom stereocenters. The Morgan fingerprint density at radius 3 is 2.71 bits per heavy atom. The molecule has 0 bridgehead atoms.